The SMILES string of the molecule is COCOc1cc2c3c(cc(C(=O)NC(=N)N)n3CCCCC2=O)c1Cl. The van der Waals surface area contributed by atoms with E-state index in [1.165, 1.54) is 7.11 Å². The molecule has 0 bridgehead atoms. The smallest absolute Gasteiger partial charge is 0.274 e. The van der Waals surface area contributed by atoms with Crippen LogP contribution in [0.3, 0.4) is 0 Å². The van der Waals surface area contributed by atoms with Crippen LogP contribution in [0.15, 0.2) is 12.1 Å². The molecule has 4 N–H and O–H groups in total. The van der Waals surface area contributed by atoms with Gasteiger partial charge in [-0.1, -0.05) is 11.6 Å². The van der Waals surface area contributed by atoms with Crippen LogP contribution in [-0.2, 0) is 11.3 Å². The van der Waals surface area contributed by atoms with Crippen LogP contribution in [-0.4, -0.2) is 36.1 Å². The summed E-state index contributed by atoms with van der Waals surface area (Å²) in [5.41, 5.74) is 6.62. The molecule has 1 aromatic heterocycles. The summed E-state index contributed by atoms with van der Waals surface area (Å²) < 4.78 is 12.2. The van der Waals surface area contributed by atoms with Crippen LogP contribution in [0.25, 0.3) is 10.9 Å². The maximum atomic E-state index is 12.6. The zero-order valence-corrected chi connectivity index (χ0v) is 15.0. The summed E-state index contributed by atoms with van der Waals surface area (Å²) >= 11 is 6.46. The molecule has 1 aromatic carbocycles. The van der Waals surface area contributed by atoms with Gasteiger partial charge < -0.3 is 19.8 Å². The van der Waals surface area contributed by atoms with Gasteiger partial charge in [0.25, 0.3) is 5.91 Å². The number of aromatic nitrogens is 1. The molecule has 0 unspecified atom stereocenters. The fraction of sp³-hybridized carbons (Fsp3) is 0.353. The number of halogens is 1. The van der Waals surface area contributed by atoms with E-state index < -0.39 is 11.9 Å². The second-order valence-electron chi connectivity index (χ2n) is 5.98. The van der Waals surface area contributed by atoms with Crippen LogP contribution in [0.4, 0.5) is 0 Å². The molecule has 0 aliphatic carbocycles. The molecule has 1 amide bonds. The summed E-state index contributed by atoms with van der Waals surface area (Å²) in [6, 6.07) is 3.19. The van der Waals surface area contributed by atoms with Crippen LogP contribution in [0.1, 0.15) is 40.1 Å². The Hall–Kier alpha value is -2.58. The van der Waals surface area contributed by atoms with E-state index in [1.807, 2.05) is 0 Å². The highest BCUT2D eigenvalue weighted by Gasteiger charge is 2.26. The van der Waals surface area contributed by atoms with Crippen LogP contribution < -0.4 is 15.8 Å². The minimum absolute atomic E-state index is 0.0166. The number of hydrogen-bond acceptors (Lipinski definition) is 5. The third kappa shape index (κ3) is 3.25. The Kier molecular flexibility index (Phi) is 5.15. The molecule has 0 atom stereocenters. The van der Waals surface area contributed by atoms with E-state index in [9.17, 15) is 9.59 Å². The van der Waals surface area contributed by atoms with E-state index in [-0.39, 0.29) is 18.3 Å². The Bertz CT molecular complexity index is 906. The number of carbonyl (C=O) groups excluding carboxylic acids is 2. The van der Waals surface area contributed by atoms with Crippen molar-refractivity contribution in [3.63, 3.8) is 0 Å². The van der Waals surface area contributed by atoms with Gasteiger partial charge in [-0.25, -0.2) is 0 Å². The van der Waals surface area contributed by atoms with E-state index in [0.29, 0.717) is 46.6 Å². The molecule has 0 saturated carbocycles. The van der Waals surface area contributed by atoms with Gasteiger partial charge in [0.05, 0.1) is 10.5 Å². The second kappa shape index (κ2) is 7.35. The molecule has 9 heteroatoms. The molecule has 0 radical (unpaired) electrons. The van der Waals surface area contributed by atoms with Crippen molar-refractivity contribution in [2.45, 2.75) is 25.8 Å². The highest BCUT2D eigenvalue weighted by Crippen LogP contribution is 2.39. The molecule has 3 rings (SSSR count). The summed E-state index contributed by atoms with van der Waals surface area (Å²) in [7, 11) is 1.48. The predicted molar refractivity (Wildman–Crippen MR) is 97.0 cm³/mol. The summed E-state index contributed by atoms with van der Waals surface area (Å²) in [6.07, 6.45) is 1.87. The monoisotopic (exact) mass is 378 g/mol. The van der Waals surface area contributed by atoms with Crippen molar-refractivity contribution in [3.8, 4) is 5.75 Å². The van der Waals surface area contributed by atoms with Crippen LogP contribution in [0.2, 0.25) is 5.02 Å². The molecule has 0 spiro atoms. The fourth-order valence-electron chi connectivity index (χ4n) is 3.14. The number of ether oxygens (including phenoxy) is 2. The number of guanidine groups is 1. The molecule has 0 saturated heterocycles. The zero-order chi connectivity index (χ0) is 18.8. The fourth-order valence-corrected chi connectivity index (χ4v) is 3.39. The molecule has 1 aliphatic rings. The molecule has 8 nitrogen and oxygen atoms in total. The number of Topliss-reactive ketones (excluding diaryl/α,β-unsaturated/α-hetero) is 1. The van der Waals surface area contributed by atoms with E-state index in [2.05, 4.69) is 5.32 Å². The summed E-state index contributed by atoms with van der Waals surface area (Å²) in [6.45, 7) is 0.538. The first kappa shape index (κ1) is 18.2. The molecular weight excluding hydrogens is 360 g/mol. The Morgan fingerprint density at radius 2 is 2.19 bits per heavy atom. The van der Waals surface area contributed by atoms with Crippen molar-refractivity contribution in [2.24, 2.45) is 5.73 Å². The lowest BCUT2D eigenvalue weighted by Gasteiger charge is -2.17. The number of benzene rings is 1. The van der Waals surface area contributed by atoms with E-state index in [1.54, 1.807) is 16.7 Å². The summed E-state index contributed by atoms with van der Waals surface area (Å²) in [5, 5.41) is 10.4. The maximum absolute atomic E-state index is 12.6. The predicted octanol–water partition coefficient (Wildman–Crippen LogP) is 2.27. The Balaban J connectivity index is 2.26. The largest absolute Gasteiger partial charge is 0.466 e. The van der Waals surface area contributed by atoms with Crippen molar-refractivity contribution in [2.75, 3.05) is 13.9 Å². The molecule has 2 heterocycles. The van der Waals surface area contributed by atoms with Gasteiger partial charge in [0.2, 0.25) is 0 Å². The van der Waals surface area contributed by atoms with Gasteiger partial charge in [-0.05, 0) is 25.0 Å². The van der Waals surface area contributed by atoms with Gasteiger partial charge >= 0.3 is 0 Å². The minimum Gasteiger partial charge on any atom is -0.466 e. The van der Waals surface area contributed by atoms with Gasteiger partial charge in [-0.3, -0.25) is 20.3 Å². The standard InChI is InChI=1S/C17H19ClN4O4/c1-25-8-26-13-7-9-12(23)4-2-3-5-22-11(16(24)21-17(19)20)6-10(14(13)18)15(9)22/h6-7H,2-5,8H2,1H3,(H4,19,20,21,24). The Morgan fingerprint density at radius 3 is 2.88 bits per heavy atom. The third-order valence-corrected chi connectivity index (χ3v) is 4.62. The highest BCUT2D eigenvalue weighted by atomic mass is 35.5. The molecular formula is C17H19ClN4O4. The average molecular weight is 379 g/mol. The van der Waals surface area contributed by atoms with Crippen molar-refractivity contribution in [1.82, 2.24) is 9.88 Å². The summed E-state index contributed by atoms with van der Waals surface area (Å²) in [4.78, 5) is 25.1. The van der Waals surface area contributed by atoms with E-state index >= 15 is 0 Å². The quantitative estimate of drug-likeness (QED) is 0.428. The second-order valence-corrected chi connectivity index (χ2v) is 6.36. The number of nitrogens with two attached hydrogens (primary N) is 1. The number of ketones is 1. The third-order valence-electron chi connectivity index (χ3n) is 4.23. The number of carbonyl (C=O) groups is 2. The normalized spacial score (nSPS) is 14.0. The first-order valence-electron chi connectivity index (χ1n) is 8.10. The lowest BCUT2D eigenvalue weighted by molar-refractivity contribution is 0.0512. The first-order chi connectivity index (χ1) is 12.4. The number of rotatable bonds is 4. The van der Waals surface area contributed by atoms with Crippen molar-refractivity contribution in [3.05, 3.63) is 28.4 Å². The van der Waals surface area contributed by atoms with Crippen LogP contribution in [0, 0.1) is 5.41 Å². The Labute approximate surface area is 154 Å². The lowest BCUT2D eigenvalue weighted by atomic mass is 10.0. The van der Waals surface area contributed by atoms with E-state index in [4.69, 9.17) is 32.2 Å². The van der Waals surface area contributed by atoms with Gasteiger partial charge in [0.1, 0.15) is 11.4 Å². The van der Waals surface area contributed by atoms with Gasteiger partial charge in [0, 0.05) is 31.0 Å². The van der Waals surface area contributed by atoms with Crippen molar-refractivity contribution in [1.29, 1.82) is 5.41 Å². The Morgan fingerprint density at radius 1 is 1.42 bits per heavy atom. The van der Waals surface area contributed by atoms with Gasteiger partial charge in [-0.15, -0.1) is 0 Å². The van der Waals surface area contributed by atoms with Crippen LogP contribution in [0.5, 0.6) is 5.75 Å². The topological polar surface area (TPSA) is 119 Å². The molecule has 138 valence electrons. The first-order valence-corrected chi connectivity index (χ1v) is 8.48. The van der Waals surface area contributed by atoms with Crippen molar-refractivity contribution >= 4 is 40.2 Å². The molecule has 26 heavy (non-hydrogen) atoms. The van der Waals surface area contributed by atoms with Gasteiger partial charge in [-0.2, -0.15) is 0 Å². The number of methoxy groups -OCH3 is 1. The minimum atomic E-state index is -0.525. The number of nitrogens with zero attached hydrogens (tertiary/aromatic N) is 1. The maximum Gasteiger partial charge on any atom is 0.274 e. The van der Waals surface area contributed by atoms with Gasteiger partial charge in [0.15, 0.2) is 18.5 Å². The lowest BCUT2D eigenvalue weighted by Crippen LogP contribution is -2.36. The number of hydrogen-bond donors (Lipinski definition) is 3. The number of nitrogens with one attached hydrogen (secondary N) is 2. The van der Waals surface area contributed by atoms with E-state index in [0.717, 1.165) is 6.42 Å². The number of aryl methyl sites for hydroxylation is 1. The molecule has 2 aromatic rings. The number of amides is 1. The summed E-state index contributed by atoms with van der Waals surface area (Å²) in [5.74, 6) is -0.694. The highest BCUT2D eigenvalue weighted by molar-refractivity contribution is 6.38. The zero-order valence-electron chi connectivity index (χ0n) is 14.2. The average Bonchev–Trinajstić information content (AvgIpc) is 2.96. The van der Waals surface area contributed by atoms with Crippen LogP contribution >= 0.6 is 11.6 Å². The molecule has 0 fully saturated rings. The molecule has 1 aliphatic heterocycles. The van der Waals surface area contributed by atoms with Crippen molar-refractivity contribution < 1.29 is 19.1 Å².